The molecule has 0 heterocycles. The lowest BCUT2D eigenvalue weighted by atomic mass is 9.92. The van der Waals surface area contributed by atoms with Crippen molar-refractivity contribution in [1.29, 1.82) is 0 Å². The first-order chi connectivity index (χ1) is 8.08. The first-order valence-corrected chi connectivity index (χ1v) is 5.98. The summed E-state index contributed by atoms with van der Waals surface area (Å²) in [6, 6.07) is 2.15. The maximum atomic E-state index is 13.6. The number of aliphatic hydroxyl groups excluding tert-OH is 1. The summed E-state index contributed by atoms with van der Waals surface area (Å²) in [5.74, 6) is -0.902. The smallest absolute Gasteiger partial charge is 0.146 e. The van der Waals surface area contributed by atoms with E-state index in [1.54, 1.807) is 0 Å². The van der Waals surface area contributed by atoms with Crippen LogP contribution in [0.1, 0.15) is 31.2 Å². The summed E-state index contributed by atoms with van der Waals surface area (Å²) in [5.41, 5.74) is 0.427. The van der Waals surface area contributed by atoms with Gasteiger partial charge in [-0.15, -0.1) is 0 Å². The number of nitrogens with one attached hydrogen (secondary N) is 1. The van der Waals surface area contributed by atoms with Gasteiger partial charge in [-0.1, -0.05) is 12.8 Å². The van der Waals surface area contributed by atoms with Crippen LogP contribution >= 0.6 is 0 Å². The highest BCUT2D eigenvalue weighted by Crippen LogP contribution is 2.25. The molecule has 0 aliphatic heterocycles. The van der Waals surface area contributed by atoms with Crippen LogP contribution in [0.15, 0.2) is 12.1 Å². The van der Waals surface area contributed by atoms with Crippen LogP contribution in [-0.2, 0) is 0 Å². The molecule has 1 aliphatic carbocycles. The molecule has 2 rings (SSSR count). The Kier molecular flexibility index (Phi) is 3.62. The molecule has 4 heteroatoms. The van der Waals surface area contributed by atoms with Crippen LogP contribution in [0.2, 0.25) is 0 Å². The standard InChI is InChI=1S/C13H17F2NO/c1-8-6-10(15)12(7-9(8)14)16-11-4-2-3-5-13(11)17/h6-7,11,13,16-17H,2-5H2,1H3/t11-,13-/m0/s1. The highest BCUT2D eigenvalue weighted by molar-refractivity contribution is 5.48. The third kappa shape index (κ3) is 2.75. The SMILES string of the molecule is Cc1cc(F)c(N[C@H]2CCCC[C@@H]2O)cc1F. The summed E-state index contributed by atoms with van der Waals surface area (Å²) in [6.07, 6.45) is 3.02. The van der Waals surface area contributed by atoms with Gasteiger partial charge in [0, 0.05) is 6.07 Å². The summed E-state index contributed by atoms with van der Waals surface area (Å²) in [5, 5.41) is 12.7. The second-order valence-electron chi connectivity index (χ2n) is 4.68. The summed E-state index contributed by atoms with van der Waals surface area (Å²) in [6.45, 7) is 1.53. The molecule has 2 atom stereocenters. The number of aryl methyl sites for hydroxylation is 1. The summed E-state index contributed by atoms with van der Waals surface area (Å²) < 4.78 is 26.9. The minimum atomic E-state index is -0.479. The van der Waals surface area contributed by atoms with E-state index in [1.165, 1.54) is 13.0 Å². The van der Waals surface area contributed by atoms with Crippen LogP contribution in [0, 0.1) is 18.6 Å². The number of rotatable bonds is 2. The molecule has 94 valence electrons. The molecule has 0 spiro atoms. The summed E-state index contributed by atoms with van der Waals surface area (Å²) in [7, 11) is 0. The van der Waals surface area contributed by atoms with Crippen molar-refractivity contribution in [2.45, 2.75) is 44.8 Å². The lowest BCUT2D eigenvalue weighted by molar-refractivity contribution is 0.116. The van der Waals surface area contributed by atoms with Crippen molar-refractivity contribution in [1.82, 2.24) is 0 Å². The van der Waals surface area contributed by atoms with Gasteiger partial charge in [-0.25, -0.2) is 8.78 Å². The van der Waals surface area contributed by atoms with E-state index in [1.807, 2.05) is 0 Å². The Morgan fingerprint density at radius 3 is 2.59 bits per heavy atom. The maximum absolute atomic E-state index is 13.6. The van der Waals surface area contributed by atoms with Crippen LogP contribution < -0.4 is 5.32 Å². The van der Waals surface area contributed by atoms with E-state index in [2.05, 4.69) is 5.32 Å². The Morgan fingerprint density at radius 1 is 1.18 bits per heavy atom. The molecule has 0 amide bonds. The molecule has 0 bridgehead atoms. The van der Waals surface area contributed by atoms with Crippen LogP contribution in [0.3, 0.4) is 0 Å². The van der Waals surface area contributed by atoms with E-state index in [4.69, 9.17) is 0 Å². The lowest BCUT2D eigenvalue weighted by Gasteiger charge is -2.29. The average Bonchev–Trinajstić information content (AvgIpc) is 2.29. The summed E-state index contributed by atoms with van der Waals surface area (Å²) in [4.78, 5) is 0. The molecular formula is C13H17F2NO. The van der Waals surface area contributed by atoms with E-state index < -0.39 is 17.7 Å². The second kappa shape index (κ2) is 5.00. The van der Waals surface area contributed by atoms with Gasteiger partial charge >= 0.3 is 0 Å². The van der Waals surface area contributed by atoms with Gasteiger partial charge in [0.05, 0.1) is 17.8 Å². The normalized spacial score (nSPS) is 24.7. The van der Waals surface area contributed by atoms with Crippen molar-refractivity contribution in [2.24, 2.45) is 0 Å². The van der Waals surface area contributed by atoms with Gasteiger partial charge in [0.2, 0.25) is 0 Å². The van der Waals surface area contributed by atoms with Gasteiger partial charge in [0.15, 0.2) is 0 Å². The van der Waals surface area contributed by atoms with E-state index >= 15 is 0 Å². The highest BCUT2D eigenvalue weighted by atomic mass is 19.1. The molecule has 17 heavy (non-hydrogen) atoms. The Bertz CT molecular complexity index is 409. The van der Waals surface area contributed by atoms with E-state index in [0.717, 1.165) is 25.3 Å². The Balaban J connectivity index is 2.15. The van der Waals surface area contributed by atoms with E-state index in [9.17, 15) is 13.9 Å². The molecular weight excluding hydrogens is 224 g/mol. The maximum Gasteiger partial charge on any atom is 0.146 e. The van der Waals surface area contributed by atoms with Gasteiger partial charge in [-0.2, -0.15) is 0 Å². The molecule has 2 nitrogen and oxygen atoms in total. The zero-order chi connectivity index (χ0) is 12.4. The monoisotopic (exact) mass is 241 g/mol. The van der Waals surface area contributed by atoms with E-state index in [-0.39, 0.29) is 17.3 Å². The third-order valence-electron chi connectivity index (χ3n) is 3.32. The minimum Gasteiger partial charge on any atom is -0.391 e. The van der Waals surface area contributed by atoms with Crippen molar-refractivity contribution in [3.63, 3.8) is 0 Å². The highest BCUT2D eigenvalue weighted by Gasteiger charge is 2.23. The molecule has 1 fully saturated rings. The van der Waals surface area contributed by atoms with Crippen molar-refractivity contribution in [3.8, 4) is 0 Å². The fourth-order valence-electron chi connectivity index (χ4n) is 2.24. The number of hydrogen-bond donors (Lipinski definition) is 2. The molecule has 1 aromatic rings. The fourth-order valence-corrected chi connectivity index (χ4v) is 2.24. The van der Waals surface area contributed by atoms with Crippen molar-refractivity contribution in [3.05, 3.63) is 29.3 Å². The molecule has 0 aromatic heterocycles. The van der Waals surface area contributed by atoms with Crippen LogP contribution in [0.25, 0.3) is 0 Å². The van der Waals surface area contributed by atoms with Crippen molar-refractivity contribution < 1.29 is 13.9 Å². The number of halogens is 2. The average molecular weight is 241 g/mol. The zero-order valence-corrected chi connectivity index (χ0v) is 9.84. The Hall–Kier alpha value is -1.16. The lowest BCUT2D eigenvalue weighted by Crippen LogP contribution is -2.36. The number of anilines is 1. The topological polar surface area (TPSA) is 32.3 Å². The molecule has 0 radical (unpaired) electrons. The molecule has 1 saturated carbocycles. The summed E-state index contributed by atoms with van der Waals surface area (Å²) >= 11 is 0. The fraction of sp³-hybridized carbons (Fsp3) is 0.538. The Labute approximate surface area is 99.7 Å². The molecule has 0 unspecified atom stereocenters. The molecule has 1 aliphatic rings. The molecule has 2 N–H and O–H groups in total. The van der Waals surface area contributed by atoms with Crippen LogP contribution in [0.5, 0.6) is 0 Å². The van der Waals surface area contributed by atoms with Gasteiger partial charge in [-0.05, 0) is 31.4 Å². The first kappa shape index (κ1) is 12.3. The predicted molar refractivity (Wildman–Crippen MR) is 63.0 cm³/mol. The third-order valence-corrected chi connectivity index (χ3v) is 3.32. The first-order valence-electron chi connectivity index (χ1n) is 5.98. The largest absolute Gasteiger partial charge is 0.391 e. The van der Waals surface area contributed by atoms with Crippen LogP contribution in [0.4, 0.5) is 14.5 Å². The predicted octanol–water partition coefficient (Wildman–Crippen LogP) is 2.99. The van der Waals surface area contributed by atoms with Gasteiger partial charge in [0.25, 0.3) is 0 Å². The minimum absolute atomic E-state index is 0.138. The number of benzene rings is 1. The second-order valence-corrected chi connectivity index (χ2v) is 4.68. The van der Waals surface area contributed by atoms with Gasteiger partial charge in [0.1, 0.15) is 11.6 Å². The van der Waals surface area contributed by atoms with Crippen molar-refractivity contribution in [2.75, 3.05) is 5.32 Å². The van der Waals surface area contributed by atoms with E-state index in [0.29, 0.717) is 6.42 Å². The van der Waals surface area contributed by atoms with Gasteiger partial charge in [-0.3, -0.25) is 0 Å². The molecule has 1 aromatic carbocycles. The number of aliphatic hydroxyl groups is 1. The van der Waals surface area contributed by atoms with Crippen LogP contribution in [-0.4, -0.2) is 17.3 Å². The van der Waals surface area contributed by atoms with Gasteiger partial charge < -0.3 is 10.4 Å². The zero-order valence-electron chi connectivity index (χ0n) is 9.84. The molecule has 0 saturated heterocycles. The Morgan fingerprint density at radius 2 is 1.88 bits per heavy atom. The number of hydrogen-bond acceptors (Lipinski definition) is 2. The van der Waals surface area contributed by atoms with Crippen molar-refractivity contribution >= 4 is 5.69 Å². The quantitative estimate of drug-likeness (QED) is 0.834.